The Morgan fingerprint density at radius 1 is 1.28 bits per heavy atom. The van der Waals surface area contributed by atoms with Crippen molar-refractivity contribution in [1.29, 1.82) is 0 Å². The average Bonchev–Trinajstić information content (AvgIpc) is 3.12. The Hall–Kier alpha value is -2.35. The number of nitrogens with zero attached hydrogens (tertiary/aromatic N) is 6. The smallest absolute Gasteiger partial charge is 0.323 e. The third-order valence-corrected chi connectivity index (χ3v) is 4.41. The lowest BCUT2D eigenvalue weighted by Crippen LogP contribution is -2.38. The quantitative estimate of drug-likeness (QED) is 0.919. The molecule has 0 aromatic carbocycles. The van der Waals surface area contributed by atoms with Crippen molar-refractivity contribution >= 4 is 11.8 Å². The van der Waals surface area contributed by atoms with Crippen molar-refractivity contribution in [2.75, 3.05) is 31.5 Å². The first-order valence-corrected chi connectivity index (χ1v) is 8.82. The fraction of sp³-hybridized carbons (Fsp3) is 0.588. The van der Waals surface area contributed by atoms with Crippen LogP contribution in [0.25, 0.3) is 0 Å². The highest BCUT2D eigenvalue weighted by molar-refractivity contribution is 5.88. The van der Waals surface area contributed by atoms with Crippen molar-refractivity contribution in [3.63, 3.8) is 0 Å². The number of hydrogen-bond donors (Lipinski definition) is 1. The van der Waals surface area contributed by atoms with E-state index in [-0.39, 0.29) is 12.1 Å². The second-order valence-electron chi connectivity index (χ2n) is 6.84. The molecule has 2 aromatic rings. The molecule has 8 heteroatoms. The van der Waals surface area contributed by atoms with Crippen LogP contribution in [-0.2, 0) is 13.6 Å². The van der Waals surface area contributed by atoms with E-state index in [2.05, 4.69) is 34.3 Å². The minimum absolute atomic E-state index is 0.0720. The predicted octanol–water partition coefficient (Wildman–Crippen LogP) is 1.94. The summed E-state index contributed by atoms with van der Waals surface area (Å²) in [5.74, 6) is 0.607. The molecule has 136 valence electrons. The molecule has 2 aromatic heterocycles. The summed E-state index contributed by atoms with van der Waals surface area (Å²) in [6.07, 6.45) is 6.80. The lowest BCUT2D eigenvalue weighted by molar-refractivity contribution is 0.211. The van der Waals surface area contributed by atoms with E-state index in [9.17, 15) is 4.79 Å². The van der Waals surface area contributed by atoms with Crippen LogP contribution in [0.15, 0.2) is 24.7 Å². The molecule has 1 N–H and O–H groups in total. The van der Waals surface area contributed by atoms with Gasteiger partial charge >= 0.3 is 6.03 Å². The highest BCUT2D eigenvalue weighted by Gasteiger charge is 2.20. The molecule has 1 saturated heterocycles. The molecule has 3 rings (SSSR count). The zero-order valence-electron chi connectivity index (χ0n) is 15.2. The van der Waals surface area contributed by atoms with Crippen LogP contribution in [0.4, 0.5) is 10.6 Å². The van der Waals surface area contributed by atoms with Gasteiger partial charge in [-0.25, -0.2) is 4.79 Å². The van der Waals surface area contributed by atoms with Crippen molar-refractivity contribution < 1.29 is 4.79 Å². The predicted molar refractivity (Wildman–Crippen MR) is 96.3 cm³/mol. The van der Waals surface area contributed by atoms with Gasteiger partial charge < -0.3 is 4.90 Å². The average molecular weight is 345 g/mol. The summed E-state index contributed by atoms with van der Waals surface area (Å²) >= 11 is 0. The van der Waals surface area contributed by atoms with Gasteiger partial charge in [-0.05, 0) is 20.3 Å². The van der Waals surface area contributed by atoms with E-state index in [1.54, 1.807) is 0 Å². The van der Waals surface area contributed by atoms with Gasteiger partial charge in [0, 0.05) is 69.8 Å². The maximum atomic E-state index is 12.5. The molecule has 0 spiro atoms. The van der Waals surface area contributed by atoms with E-state index in [1.807, 2.05) is 46.0 Å². The fourth-order valence-corrected chi connectivity index (χ4v) is 3.02. The van der Waals surface area contributed by atoms with E-state index in [4.69, 9.17) is 0 Å². The molecule has 1 fully saturated rings. The van der Waals surface area contributed by atoms with Gasteiger partial charge in [-0.3, -0.25) is 19.6 Å². The first-order chi connectivity index (χ1) is 12.0. The summed E-state index contributed by atoms with van der Waals surface area (Å²) in [7, 11) is 1.93. The van der Waals surface area contributed by atoms with Crippen LogP contribution in [0.5, 0.6) is 0 Å². The van der Waals surface area contributed by atoms with Gasteiger partial charge in [0.05, 0.1) is 6.20 Å². The molecular weight excluding hydrogens is 318 g/mol. The van der Waals surface area contributed by atoms with Gasteiger partial charge in [-0.2, -0.15) is 10.2 Å². The number of nitrogens with one attached hydrogen (secondary N) is 1. The third-order valence-electron chi connectivity index (χ3n) is 4.41. The Morgan fingerprint density at radius 3 is 2.80 bits per heavy atom. The molecule has 8 nitrogen and oxygen atoms in total. The summed E-state index contributed by atoms with van der Waals surface area (Å²) in [6, 6.07) is 2.05. The Balaban J connectivity index is 1.52. The van der Waals surface area contributed by atoms with Gasteiger partial charge in [-0.15, -0.1) is 0 Å². The highest BCUT2D eigenvalue weighted by atomic mass is 16.2. The zero-order chi connectivity index (χ0) is 17.8. The summed E-state index contributed by atoms with van der Waals surface area (Å²) in [5, 5.41) is 11.5. The summed E-state index contributed by atoms with van der Waals surface area (Å²) in [5.41, 5.74) is 1.21. The lowest BCUT2D eigenvalue weighted by Gasteiger charge is -2.21. The largest absolute Gasteiger partial charge is 0.323 e. The van der Waals surface area contributed by atoms with Crippen molar-refractivity contribution in [1.82, 2.24) is 29.4 Å². The fourth-order valence-electron chi connectivity index (χ4n) is 3.02. The first kappa shape index (κ1) is 17.5. The van der Waals surface area contributed by atoms with Gasteiger partial charge in [0.1, 0.15) is 0 Å². The van der Waals surface area contributed by atoms with E-state index >= 15 is 0 Å². The Morgan fingerprint density at radius 2 is 2.12 bits per heavy atom. The molecule has 0 aliphatic carbocycles. The lowest BCUT2D eigenvalue weighted by atomic mass is 10.3. The first-order valence-electron chi connectivity index (χ1n) is 8.82. The standard InChI is InChI=1S/C17H27N7O/c1-14(2)24-8-5-16(20-24)19-17(25)23-7-4-6-22(9-10-23)13-15-11-18-21(3)12-15/h5,8,11-12,14H,4,6-7,9-10,13H2,1-3H3,(H,19,20,25). The zero-order valence-corrected chi connectivity index (χ0v) is 15.2. The molecule has 0 saturated carbocycles. The molecule has 1 aliphatic heterocycles. The van der Waals surface area contributed by atoms with Gasteiger partial charge in [0.2, 0.25) is 0 Å². The van der Waals surface area contributed by atoms with E-state index < -0.39 is 0 Å². The van der Waals surface area contributed by atoms with Gasteiger partial charge in [0.25, 0.3) is 0 Å². The molecule has 0 radical (unpaired) electrons. The van der Waals surface area contributed by atoms with Crippen LogP contribution in [0.2, 0.25) is 0 Å². The van der Waals surface area contributed by atoms with Crippen LogP contribution in [0.3, 0.4) is 0 Å². The molecule has 3 heterocycles. The third kappa shape index (κ3) is 4.60. The van der Waals surface area contributed by atoms with E-state index in [0.29, 0.717) is 5.82 Å². The summed E-state index contributed by atoms with van der Waals surface area (Å²) < 4.78 is 3.66. The maximum absolute atomic E-state index is 12.5. The Bertz CT molecular complexity index is 705. The second-order valence-corrected chi connectivity index (χ2v) is 6.84. The van der Waals surface area contributed by atoms with Crippen LogP contribution in [-0.4, -0.2) is 61.6 Å². The second kappa shape index (κ2) is 7.69. The van der Waals surface area contributed by atoms with Gasteiger partial charge in [0.15, 0.2) is 5.82 Å². The molecule has 0 atom stereocenters. The summed E-state index contributed by atoms with van der Waals surface area (Å²) in [4.78, 5) is 16.7. The van der Waals surface area contributed by atoms with Crippen LogP contribution in [0.1, 0.15) is 31.9 Å². The van der Waals surface area contributed by atoms with Crippen LogP contribution >= 0.6 is 0 Å². The van der Waals surface area contributed by atoms with Crippen molar-refractivity contribution in [3.8, 4) is 0 Å². The van der Waals surface area contributed by atoms with Crippen molar-refractivity contribution in [2.45, 2.75) is 32.9 Å². The number of rotatable bonds is 4. The van der Waals surface area contributed by atoms with Crippen LogP contribution < -0.4 is 5.32 Å². The molecule has 25 heavy (non-hydrogen) atoms. The monoisotopic (exact) mass is 345 g/mol. The molecule has 0 unspecified atom stereocenters. The Labute approximate surface area is 148 Å². The number of aromatic nitrogens is 4. The Kier molecular flexibility index (Phi) is 5.37. The number of carbonyl (C=O) groups excluding carboxylic acids is 1. The minimum atomic E-state index is -0.0720. The van der Waals surface area contributed by atoms with E-state index in [0.717, 1.165) is 39.1 Å². The van der Waals surface area contributed by atoms with E-state index in [1.165, 1.54) is 5.56 Å². The number of urea groups is 1. The normalized spacial score (nSPS) is 16.2. The SMILES string of the molecule is CC(C)n1ccc(NC(=O)N2CCCN(Cc3cnn(C)c3)CC2)n1. The number of carbonyl (C=O) groups is 1. The number of anilines is 1. The molecule has 0 bridgehead atoms. The summed E-state index contributed by atoms with van der Waals surface area (Å²) in [6.45, 7) is 8.33. The van der Waals surface area contributed by atoms with Crippen LogP contribution in [0, 0.1) is 0 Å². The molecular formula is C17H27N7O. The molecule has 2 amide bonds. The maximum Gasteiger partial charge on any atom is 0.323 e. The number of amides is 2. The van der Waals surface area contributed by atoms with Crippen molar-refractivity contribution in [2.24, 2.45) is 7.05 Å². The number of aryl methyl sites for hydroxylation is 1. The highest BCUT2D eigenvalue weighted by Crippen LogP contribution is 2.12. The number of hydrogen-bond acceptors (Lipinski definition) is 4. The minimum Gasteiger partial charge on any atom is -0.323 e. The topological polar surface area (TPSA) is 71.2 Å². The van der Waals surface area contributed by atoms with Gasteiger partial charge in [-0.1, -0.05) is 0 Å². The van der Waals surface area contributed by atoms with Crippen molar-refractivity contribution in [3.05, 3.63) is 30.2 Å². The molecule has 1 aliphatic rings.